The number of nitrogens with one attached hydrogen (secondary N) is 1. The van der Waals surface area contributed by atoms with E-state index in [1.54, 1.807) is 11.4 Å². The van der Waals surface area contributed by atoms with Gasteiger partial charge in [0, 0.05) is 46.4 Å². The van der Waals surface area contributed by atoms with E-state index in [4.69, 9.17) is 4.74 Å². The molecule has 0 unspecified atom stereocenters. The van der Waals surface area contributed by atoms with Crippen molar-refractivity contribution in [3.63, 3.8) is 0 Å². The molecule has 7 nitrogen and oxygen atoms in total. The van der Waals surface area contributed by atoms with Crippen LogP contribution < -0.4 is 5.32 Å². The van der Waals surface area contributed by atoms with Crippen molar-refractivity contribution in [3.8, 4) is 0 Å². The van der Waals surface area contributed by atoms with Crippen molar-refractivity contribution in [2.24, 2.45) is 17.8 Å². The molecule has 8 heteroatoms. The van der Waals surface area contributed by atoms with Crippen LogP contribution in [0.15, 0.2) is 0 Å². The maximum Gasteiger partial charge on any atom is 0.282 e. The number of amides is 1. The average molecular weight is 376 g/mol. The molecule has 1 amide bonds. The molecule has 2 aliphatic rings. The first-order valence-electron chi connectivity index (χ1n) is 9.36. The summed E-state index contributed by atoms with van der Waals surface area (Å²) >= 11 is 0. The molecule has 0 aromatic heterocycles. The monoisotopic (exact) mass is 375 g/mol. The van der Waals surface area contributed by atoms with Crippen LogP contribution in [0.2, 0.25) is 0 Å². The Morgan fingerprint density at radius 2 is 1.84 bits per heavy atom. The van der Waals surface area contributed by atoms with Crippen LogP contribution in [0.4, 0.5) is 0 Å². The van der Waals surface area contributed by atoms with Gasteiger partial charge in [-0.3, -0.25) is 4.79 Å². The lowest BCUT2D eigenvalue weighted by molar-refractivity contribution is -0.126. The lowest BCUT2D eigenvalue weighted by Gasteiger charge is -2.39. The van der Waals surface area contributed by atoms with Crippen LogP contribution in [0.5, 0.6) is 0 Å². The summed E-state index contributed by atoms with van der Waals surface area (Å²) in [6.45, 7) is 7.34. The van der Waals surface area contributed by atoms with Gasteiger partial charge < -0.3 is 10.1 Å². The third-order valence-electron chi connectivity index (χ3n) is 5.07. The van der Waals surface area contributed by atoms with E-state index in [9.17, 15) is 13.2 Å². The van der Waals surface area contributed by atoms with E-state index in [-0.39, 0.29) is 18.4 Å². The maximum absolute atomic E-state index is 13.0. The second-order valence-corrected chi connectivity index (χ2v) is 9.53. The molecule has 2 rings (SSSR count). The Bertz CT molecular complexity index is 530. The summed E-state index contributed by atoms with van der Waals surface area (Å²) in [7, 11) is -1.85. The zero-order valence-corrected chi connectivity index (χ0v) is 16.6. The second kappa shape index (κ2) is 9.30. The van der Waals surface area contributed by atoms with Crippen molar-refractivity contribution >= 4 is 16.1 Å². The van der Waals surface area contributed by atoms with E-state index in [0.29, 0.717) is 44.6 Å². The second-order valence-electron chi connectivity index (χ2n) is 7.61. The van der Waals surface area contributed by atoms with Crippen LogP contribution in [0.25, 0.3) is 0 Å². The minimum Gasteiger partial charge on any atom is -0.385 e. The van der Waals surface area contributed by atoms with E-state index < -0.39 is 10.2 Å². The Morgan fingerprint density at radius 3 is 2.48 bits per heavy atom. The molecule has 146 valence electrons. The lowest BCUT2D eigenvalue weighted by Crippen LogP contribution is -2.53. The number of carbonyl (C=O) groups excluding carboxylic acids is 1. The van der Waals surface area contributed by atoms with Crippen molar-refractivity contribution in [1.82, 2.24) is 13.9 Å². The fourth-order valence-corrected chi connectivity index (χ4v) is 5.84. The van der Waals surface area contributed by atoms with Crippen LogP contribution in [-0.2, 0) is 19.7 Å². The highest BCUT2D eigenvalue weighted by atomic mass is 32.2. The molecule has 0 spiro atoms. The quantitative estimate of drug-likeness (QED) is 0.675. The first-order chi connectivity index (χ1) is 11.8. The minimum atomic E-state index is -3.48. The molecule has 0 saturated carbocycles. The predicted molar refractivity (Wildman–Crippen MR) is 97.2 cm³/mol. The summed E-state index contributed by atoms with van der Waals surface area (Å²) in [5.74, 6) is 0.452. The van der Waals surface area contributed by atoms with Crippen LogP contribution in [0.3, 0.4) is 0 Å². The number of rotatable bonds is 7. The number of hydrogen-bond donors (Lipinski definition) is 1. The summed E-state index contributed by atoms with van der Waals surface area (Å²) in [5, 5.41) is 2.90. The van der Waals surface area contributed by atoms with Crippen molar-refractivity contribution < 1.29 is 17.9 Å². The Kier molecular flexibility index (Phi) is 7.67. The van der Waals surface area contributed by atoms with Crippen LogP contribution in [0, 0.1) is 17.8 Å². The molecule has 0 aromatic carbocycles. The topological polar surface area (TPSA) is 79.0 Å². The van der Waals surface area contributed by atoms with Gasteiger partial charge in [0.25, 0.3) is 10.2 Å². The number of nitrogens with zero attached hydrogens (tertiary/aromatic N) is 2. The van der Waals surface area contributed by atoms with Gasteiger partial charge in [0.1, 0.15) is 0 Å². The van der Waals surface area contributed by atoms with Crippen molar-refractivity contribution in [2.75, 3.05) is 46.4 Å². The van der Waals surface area contributed by atoms with Crippen molar-refractivity contribution in [2.45, 2.75) is 39.5 Å². The molecule has 2 saturated heterocycles. The molecular weight excluding hydrogens is 342 g/mol. The number of methoxy groups -OCH3 is 1. The van der Waals surface area contributed by atoms with E-state index >= 15 is 0 Å². The highest BCUT2D eigenvalue weighted by Gasteiger charge is 2.38. The van der Waals surface area contributed by atoms with Gasteiger partial charge in [0.15, 0.2) is 0 Å². The zero-order valence-electron chi connectivity index (χ0n) is 15.7. The first-order valence-corrected chi connectivity index (χ1v) is 10.8. The van der Waals surface area contributed by atoms with Crippen molar-refractivity contribution in [3.05, 3.63) is 0 Å². The molecule has 1 N–H and O–H groups in total. The lowest BCUT2D eigenvalue weighted by atomic mass is 9.94. The van der Waals surface area contributed by atoms with Gasteiger partial charge in [-0.05, 0) is 37.5 Å². The van der Waals surface area contributed by atoms with Gasteiger partial charge in [-0.1, -0.05) is 13.8 Å². The molecule has 0 aromatic rings. The number of hydrogen-bond acceptors (Lipinski definition) is 4. The molecule has 0 radical (unpaired) electrons. The van der Waals surface area contributed by atoms with Gasteiger partial charge in [-0.25, -0.2) is 0 Å². The fraction of sp³-hybridized carbons (Fsp3) is 0.941. The van der Waals surface area contributed by atoms with Crippen molar-refractivity contribution in [1.29, 1.82) is 0 Å². The van der Waals surface area contributed by atoms with E-state index in [2.05, 4.69) is 19.2 Å². The van der Waals surface area contributed by atoms with Gasteiger partial charge in [-0.2, -0.15) is 17.0 Å². The average Bonchev–Trinajstić information content (AvgIpc) is 2.58. The number of carbonyl (C=O) groups is 1. The third-order valence-corrected chi connectivity index (χ3v) is 7.00. The molecule has 0 aliphatic carbocycles. The molecule has 0 bridgehead atoms. The maximum atomic E-state index is 13.0. The largest absolute Gasteiger partial charge is 0.385 e. The van der Waals surface area contributed by atoms with E-state index in [1.165, 1.54) is 4.31 Å². The first kappa shape index (κ1) is 20.6. The van der Waals surface area contributed by atoms with Gasteiger partial charge >= 0.3 is 0 Å². The molecule has 2 heterocycles. The summed E-state index contributed by atoms with van der Waals surface area (Å²) in [4.78, 5) is 12.3. The Morgan fingerprint density at radius 1 is 1.16 bits per heavy atom. The predicted octanol–water partition coefficient (Wildman–Crippen LogP) is 1.07. The zero-order chi connectivity index (χ0) is 18.4. The Labute approximate surface area is 152 Å². The molecule has 2 aliphatic heterocycles. The fourth-order valence-electron chi connectivity index (χ4n) is 3.90. The SMILES string of the molecule is COCCCNC(=O)[C@H]1CCCN(S(=O)(=O)N2C[C@H](C)C[C@@H](C)C2)C1. The smallest absolute Gasteiger partial charge is 0.282 e. The van der Waals surface area contributed by atoms with Gasteiger partial charge in [0.05, 0.1) is 5.92 Å². The van der Waals surface area contributed by atoms with E-state index in [0.717, 1.165) is 25.7 Å². The summed E-state index contributed by atoms with van der Waals surface area (Å²) < 4.78 is 34.1. The van der Waals surface area contributed by atoms with E-state index in [1.807, 2.05) is 0 Å². The highest BCUT2D eigenvalue weighted by Crippen LogP contribution is 2.27. The summed E-state index contributed by atoms with van der Waals surface area (Å²) in [6, 6.07) is 0. The van der Waals surface area contributed by atoms with Gasteiger partial charge in [0.2, 0.25) is 5.91 Å². The van der Waals surface area contributed by atoms with Gasteiger partial charge in [-0.15, -0.1) is 0 Å². The normalized spacial score (nSPS) is 29.5. The Hall–Kier alpha value is -0.700. The number of piperidine rings is 2. The summed E-state index contributed by atoms with van der Waals surface area (Å²) in [6.07, 6.45) is 3.31. The number of ether oxygens (including phenoxy) is 1. The highest BCUT2D eigenvalue weighted by molar-refractivity contribution is 7.86. The molecular formula is C17H33N3O4S. The third kappa shape index (κ3) is 5.64. The minimum absolute atomic E-state index is 0.0450. The van der Waals surface area contributed by atoms with Crippen LogP contribution in [0.1, 0.15) is 39.5 Å². The Balaban J connectivity index is 1.93. The standard InChI is InChI=1S/C17H33N3O4S/c1-14-10-15(2)12-20(11-14)25(22,23)19-8-4-6-16(13-19)17(21)18-7-5-9-24-3/h14-16H,4-13H2,1-3H3,(H,18,21)/t14-,15-,16+/m1/s1. The van der Waals surface area contributed by atoms with Crippen LogP contribution in [-0.4, -0.2) is 69.4 Å². The molecule has 3 atom stereocenters. The molecule has 2 fully saturated rings. The summed E-state index contributed by atoms with van der Waals surface area (Å²) in [5.41, 5.74) is 0. The van der Waals surface area contributed by atoms with Crippen LogP contribution >= 0.6 is 0 Å². The molecule has 25 heavy (non-hydrogen) atoms.